The van der Waals surface area contributed by atoms with Crippen LogP contribution in [-0.2, 0) is 25.6 Å². The van der Waals surface area contributed by atoms with Crippen molar-refractivity contribution in [2.75, 3.05) is 0 Å². The molecule has 0 aliphatic rings. The number of hydrogen-bond donors (Lipinski definition) is 3. The molecular formula is C18H18NO5P. The molecule has 1 heterocycles. The molecule has 0 saturated heterocycles. The Bertz CT molecular complexity index is 952. The van der Waals surface area contributed by atoms with E-state index in [9.17, 15) is 19.4 Å². The van der Waals surface area contributed by atoms with E-state index in [1.165, 1.54) is 6.92 Å². The normalized spacial score (nSPS) is 16.2. The van der Waals surface area contributed by atoms with Crippen LogP contribution in [0.3, 0.4) is 0 Å². The van der Waals surface area contributed by atoms with Gasteiger partial charge in [-0.25, -0.2) is 4.79 Å². The van der Waals surface area contributed by atoms with Crippen LogP contribution < -0.4 is 0 Å². The molecule has 0 aliphatic heterocycles. The average molecular weight is 359 g/mol. The Morgan fingerprint density at radius 1 is 1.16 bits per heavy atom. The fraction of sp³-hybridized carbons (Fsp3) is 0.167. The maximum absolute atomic E-state index is 12.6. The summed E-state index contributed by atoms with van der Waals surface area (Å²) < 4.78 is 18.0. The molecule has 0 aliphatic carbocycles. The number of carboxylic acid groups (broad SMARTS) is 1. The predicted octanol–water partition coefficient (Wildman–Crippen LogP) is 3.87. The summed E-state index contributed by atoms with van der Waals surface area (Å²) in [6.45, 7) is 1.30. The van der Waals surface area contributed by atoms with Crippen molar-refractivity contribution in [3.05, 3.63) is 71.9 Å². The van der Waals surface area contributed by atoms with E-state index in [1.54, 1.807) is 60.8 Å². The van der Waals surface area contributed by atoms with Crippen molar-refractivity contribution < 1.29 is 23.9 Å². The smallest absolute Gasteiger partial charge is 0.340 e. The largest absolute Gasteiger partial charge is 0.479 e. The van der Waals surface area contributed by atoms with Crippen LogP contribution in [0.4, 0.5) is 0 Å². The highest BCUT2D eigenvalue weighted by Gasteiger charge is 2.43. The van der Waals surface area contributed by atoms with Crippen LogP contribution in [-0.4, -0.2) is 21.0 Å². The van der Waals surface area contributed by atoms with Gasteiger partial charge in [0.15, 0.2) is 5.60 Å². The molecule has 2 unspecified atom stereocenters. The van der Waals surface area contributed by atoms with E-state index in [0.29, 0.717) is 16.5 Å². The number of aromatic nitrogens is 1. The molecule has 2 aromatic carbocycles. The molecule has 0 bridgehead atoms. The molecule has 0 fully saturated rings. The molecule has 6 nitrogen and oxygen atoms in total. The second-order valence-electron chi connectivity index (χ2n) is 5.96. The summed E-state index contributed by atoms with van der Waals surface area (Å²) in [5, 5.41) is 10.4. The molecule has 25 heavy (non-hydrogen) atoms. The van der Waals surface area contributed by atoms with Crippen molar-refractivity contribution >= 4 is 24.5 Å². The van der Waals surface area contributed by atoms with E-state index in [1.807, 2.05) is 0 Å². The lowest BCUT2D eigenvalue weighted by Crippen LogP contribution is -2.35. The number of rotatable bonds is 6. The molecule has 3 rings (SSSR count). The summed E-state index contributed by atoms with van der Waals surface area (Å²) in [5.41, 5.74) is -0.313. The quantitative estimate of drug-likeness (QED) is 0.580. The monoisotopic (exact) mass is 359 g/mol. The predicted molar refractivity (Wildman–Crippen MR) is 94.3 cm³/mol. The van der Waals surface area contributed by atoms with Crippen LogP contribution in [0.1, 0.15) is 18.1 Å². The van der Waals surface area contributed by atoms with E-state index < -0.39 is 19.2 Å². The Labute approximate surface area is 144 Å². The van der Waals surface area contributed by atoms with Gasteiger partial charge in [-0.05, 0) is 24.6 Å². The number of aliphatic carboxylic acids is 1. The summed E-state index contributed by atoms with van der Waals surface area (Å²) in [6, 6.07) is 15.4. The van der Waals surface area contributed by atoms with Crippen molar-refractivity contribution in [1.82, 2.24) is 4.98 Å². The maximum atomic E-state index is 12.6. The third kappa shape index (κ3) is 3.51. The van der Waals surface area contributed by atoms with Crippen molar-refractivity contribution in [2.45, 2.75) is 18.7 Å². The van der Waals surface area contributed by atoms with E-state index in [-0.39, 0.29) is 6.16 Å². The Hall–Kier alpha value is -2.40. The number of H-pyrrole nitrogens is 1. The highest BCUT2D eigenvalue weighted by Crippen LogP contribution is 2.52. The van der Waals surface area contributed by atoms with Crippen LogP contribution in [0, 0.1) is 0 Å². The molecular weight excluding hydrogens is 341 g/mol. The highest BCUT2D eigenvalue weighted by molar-refractivity contribution is 7.52. The lowest BCUT2D eigenvalue weighted by atomic mass is 9.93. The van der Waals surface area contributed by atoms with Crippen molar-refractivity contribution in [3.8, 4) is 0 Å². The summed E-state index contributed by atoms with van der Waals surface area (Å²) in [4.78, 5) is 25.2. The van der Waals surface area contributed by atoms with Gasteiger partial charge in [0.2, 0.25) is 0 Å². The lowest BCUT2D eigenvalue weighted by Gasteiger charge is -2.28. The van der Waals surface area contributed by atoms with Crippen LogP contribution in [0.15, 0.2) is 60.8 Å². The van der Waals surface area contributed by atoms with E-state index in [4.69, 9.17) is 4.52 Å². The fourth-order valence-electron chi connectivity index (χ4n) is 2.84. The van der Waals surface area contributed by atoms with Crippen LogP contribution >= 0.6 is 7.60 Å². The SMILES string of the molecule is CC(OP(=O)(O)Cc1ccccc1)(C(=O)O)c1cccc2[nH]ccc12. The highest BCUT2D eigenvalue weighted by atomic mass is 31.2. The molecule has 3 N–H and O–H groups in total. The molecule has 1 aromatic heterocycles. The lowest BCUT2D eigenvalue weighted by molar-refractivity contribution is -0.155. The molecule has 0 spiro atoms. The van der Waals surface area contributed by atoms with Crippen molar-refractivity contribution in [1.29, 1.82) is 0 Å². The molecule has 130 valence electrons. The molecule has 2 atom stereocenters. The van der Waals surface area contributed by atoms with Crippen LogP contribution in [0.25, 0.3) is 10.9 Å². The van der Waals surface area contributed by atoms with Gasteiger partial charge in [-0.2, -0.15) is 0 Å². The fourth-order valence-corrected chi connectivity index (χ4v) is 4.32. The summed E-state index contributed by atoms with van der Waals surface area (Å²) >= 11 is 0. The molecule has 0 radical (unpaired) electrons. The zero-order valence-electron chi connectivity index (χ0n) is 13.5. The number of carboxylic acids is 1. The third-order valence-corrected chi connectivity index (χ3v) is 5.48. The first-order valence-electron chi connectivity index (χ1n) is 7.68. The Morgan fingerprint density at radius 2 is 1.88 bits per heavy atom. The molecule has 0 amide bonds. The zero-order chi connectivity index (χ0) is 18.1. The third-order valence-electron chi connectivity index (χ3n) is 4.07. The van der Waals surface area contributed by atoms with E-state index in [0.717, 1.165) is 5.52 Å². The Kier molecular flexibility index (Phi) is 4.52. The number of nitrogens with one attached hydrogen (secondary N) is 1. The number of carbonyl (C=O) groups is 1. The van der Waals surface area contributed by atoms with Crippen LogP contribution in [0.5, 0.6) is 0 Å². The van der Waals surface area contributed by atoms with Crippen molar-refractivity contribution in [2.24, 2.45) is 0 Å². The number of aromatic amines is 1. The minimum Gasteiger partial charge on any atom is -0.479 e. The molecule has 7 heteroatoms. The summed E-state index contributed by atoms with van der Waals surface area (Å²) in [6.07, 6.45) is 1.42. The van der Waals surface area contributed by atoms with E-state index in [2.05, 4.69) is 4.98 Å². The first kappa shape index (κ1) is 17.4. The number of benzene rings is 2. The minimum atomic E-state index is -4.21. The second kappa shape index (κ2) is 6.48. The number of hydrogen-bond acceptors (Lipinski definition) is 3. The van der Waals surface area contributed by atoms with Gasteiger partial charge in [0.1, 0.15) is 0 Å². The Morgan fingerprint density at radius 3 is 2.56 bits per heavy atom. The van der Waals surface area contributed by atoms with Gasteiger partial charge in [0.25, 0.3) is 0 Å². The van der Waals surface area contributed by atoms with Gasteiger partial charge in [0.05, 0.1) is 6.16 Å². The minimum absolute atomic E-state index is 0.264. The van der Waals surface area contributed by atoms with Gasteiger partial charge in [-0.3, -0.25) is 9.09 Å². The van der Waals surface area contributed by atoms with Gasteiger partial charge in [0, 0.05) is 22.7 Å². The first-order chi connectivity index (χ1) is 11.8. The van der Waals surface area contributed by atoms with Gasteiger partial charge < -0.3 is 15.0 Å². The topological polar surface area (TPSA) is 99.6 Å². The van der Waals surface area contributed by atoms with Gasteiger partial charge >= 0.3 is 13.6 Å². The molecule has 0 saturated carbocycles. The van der Waals surface area contributed by atoms with Gasteiger partial charge in [-0.1, -0.05) is 42.5 Å². The summed E-state index contributed by atoms with van der Waals surface area (Å²) in [7, 11) is -4.21. The average Bonchev–Trinajstić information content (AvgIpc) is 3.03. The zero-order valence-corrected chi connectivity index (χ0v) is 14.4. The van der Waals surface area contributed by atoms with Crippen LogP contribution in [0.2, 0.25) is 0 Å². The Balaban J connectivity index is 1.99. The number of fused-ring (bicyclic) bond motifs is 1. The second-order valence-corrected chi connectivity index (χ2v) is 7.73. The first-order valence-corrected chi connectivity index (χ1v) is 9.44. The van der Waals surface area contributed by atoms with E-state index >= 15 is 0 Å². The molecule has 3 aromatic rings. The van der Waals surface area contributed by atoms with Gasteiger partial charge in [-0.15, -0.1) is 0 Å². The maximum Gasteiger partial charge on any atom is 0.340 e. The summed E-state index contributed by atoms with van der Waals surface area (Å²) in [5.74, 6) is -1.33. The van der Waals surface area contributed by atoms with Crippen molar-refractivity contribution in [3.63, 3.8) is 0 Å². The standard InChI is InChI=1S/C18H18NO5P/c1-18(17(20)21,15-8-5-9-16-14(15)10-11-19-16)24-25(22,23)12-13-6-3-2-4-7-13/h2-11,19H,12H2,1H3,(H,20,21)(H,22,23).